The summed E-state index contributed by atoms with van der Waals surface area (Å²) in [5.74, 6) is 0. The van der Waals surface area contributed by atoms with Crippen molar-refractivity contribution in [2.45, 2.75) is 79.8 Å². The van der Waals surface area contributed by atoms with Gasteiger partial charge in [-0.1, -0.05) is 48.5 Å². The highest BCUT2D eigenvalue weighted by atomic mass is 35.7. The van der Waals surface area contributed by atoms with Crippen molar-refractivity contribution >= 4 is 78.9 Å². The van der Waals surface area contributed by atoms with Crippen LogP contribution in [0.5, 0.6) is 0 Å². The normalized spacial score (nSPS) is 28.1. The first-order valence-electron chi connectivity index (χ1n) is 15.3. The Hall–Kier alpha value is -2.16. The van der Waals surface area contributed by atoms with E-state index in [1.54, 1.807) is 48.5 Å². The SMILES string of the molecule is O=S(=O)(Cl)c1ccc(C23CC4(c5ccc(S(=O)(=O)Cl)cc5)CC(c5ccc(S(=O)(=O)Cl)cc5)(C2)CC(c2ccc(S(=O)(=O)Cl)cc2)(C3)C4)cc1. The van der Waals surface area contributed by atoms with Crippen molar-refractivity contribution in [2.24, 2.45) is 0 Å². The average molecular weight is 835 g/mol. The van der Waals surface area contributed by atoms with E-state index in [9.17, 15) is 33.7 Å². The highest BCUT2D eigenvalue weighted by Gasteiger charge is 2.69. The van der Waals surface area contributed by atoms with Gasteiger partial charge in [0.05, 0.1) is 19.6 Å². The lowest BCUT2D eigenvalue weighted by atomic mass is 9.32. The van der Waals surface area contributed by atoms with Gasteiger partial charge in [-0.25, -0.2) is 33.7 Å². The Bertz CT molecular complexity index is 2080. The Labute approximate surface area is 309 Å². The molecule has 4 saturated carbocycles. The van der Waals surface area contributed by atoms with Crippen molar-refractivity contribution in [2.75, 3.05) is 0 Å². The van der Waals surface area contributed by atoms with Crippen LogP contribution in [0.3, 0.4) is 0 Å². The van der Waals surface area contributed by atoms with Gasteiger partial charge in [-0.2, -0.15) is 0 Å². The van der Waals surface area contributed by atoms with E-state index in [0.717, 1.165) is 22.3 Å². The minimum Gasteiger partial charge on any atom is -0.207 e. The molecule has 8 nitrogen and oxygen atoms in total. The average Bonchev–Trinajstić information content (AvgIpc) is 3.03. The molecule has 0 saturated heterocycles. The van der Waals surface area contributed by atoms with Crippen molar-refractivity contribution in [3.63, 3.8) is 0 Å². The first-order chi connectivity index (χ1) is 23.1. The van der Waals surface area contributed by atoms with E-state index in [1.165, 1.54) is 48.5 Å². The summed E-state index contributed by atoms with van der Waals surface area (Å²) in [6.45, 7) is 0. The second-order valence-corrected chi connectivity index (χ2v) is 24.3. The third-order valence-corrected chi connectivity index (χ3v) is 16.5. The minimum absolute atomic E-state index is 0.0413. The predicted octanol–water partition coefficient (Wildman–Crippen LogP) is 7.83. The van der Waals surface area contributed by atoms with Gasteiger partial charge in [-0.15, -0.1) is 0 Å². The first-order valence-corrected chi connectivity index (χ1v) is 24.5. The molecule has 4 aliphatic rings. The molecule has 4 aromatic carbocycles. The zero-order valence-electron chi connectivity index (χ0n) is 25.9. The van der Waals surface area contributed by atoms with Crippen LogP contribution in [0.25, 0.3) is 0 Å². The maximum Gasteiger partial charge on any atom is 0.261 e. The van der Waals surface area contributed by atoms with Crippen LogP contribution in [0.2, 0.25) is 0 Å². The van der Waals surface area contributed by atoms with Crippen molar-refractivity contribution in [1.82, 2.24) is 0 Å². The van der Waals surface area contributed by atoms with Gasteiger partial charge in [0, 0.05) is 42.7 Å². The third kappa shape index (κ3) is 6.21. The molecule has 0 atom stereocenters. The molecule has 8 rings (SSSR count). The molecule has 16 heteroatoms. The van der Waals surface area contributed by atoms with Gasteiger partial charge < -0.3 is 0 Å². The Balaban J connectivity index is 1.50. The Morgan fingerprint density at radius 1 is 0.300 bits per heavy atom. The summed E-state index contributed by atoms with van der Waals surface area (Å²) in [5.41, 5.74) is 1.25. The standard InChI is InChI=1S/C34H28Cl4O8S4/c35-47(39,40)27-9-1-23(2-10-27)31-17-32(24-3-11-28(12-4-24)48(36,41)42)20-33(18-31,25-5-13-29(14-6-25)49(37,43)44)22-34(19-31,21-32)26-7-15-30(16-8-26)50(38,45)46/h1-16H,17-22H2. The quantitative estimate of drug-likeness (QED) is 0.164. The Morgan fingerprint density at radius 3 is 0.560 bits per heavy atom. The monoisotopic (exact) mass is 832 g/mol. The molecule has 0 N–H and O–H groups in total. The summed E-state index contributed by atoms with van der Waals surface area (Å²) in [6.07, 6.45) is 3.78. The van der Waals surface area contributed by atoms with Gasteiger partial charge in [0.1, 0.15) is 0 Å². The van der Waals surface area contributed by atoms with Gasteiger partial charge in [0.25, 0.3) is 36.2 Å². The van der Waals surface area contributed by atoms with Crippen molar-refractivity contribution in [3.8, 4) is 0 Å². The van der Waals surface area contributed by atoms with Gasteiger partial charge in [-0.05, 0) is 131 Å². The molecule has 4 fully saturated rings. The summed E-state index contributed by atoms with van der Waals surface area (Å²) in [4.78, 5) is -0.165. The number of hydrogen-bond donors (Lipinski definition) is 0. The fraction of sp³-hybridized carbons (Fsp3) is 0.294. The smallest absolute Gasteiger partial charge is 0.207 e. The molecule has 0 radical (unpaired) electrons. The highest BCUT2D eigenvalue weighted by molar-refractivity contribution is 8.14. The minimum atomic E-state index is -4.00. The molecule has 0 heterocycles. The number of halogens is 4. The van der Waals surface area contributed by atoms with Crippen LogP contribution in [0.4, 0.5) is 0 Å². The zero-order chi connectivity index (χ0) is 36.2. The van der Waals surface area contributed by atoms with Crippen LogP contribution < -0.4 is 0 Å². The number of hydrogen-bond acceptors (Lipinski definition) is 8. The van der Waals surface area contributed by atoms with E-state index in [-0.39, 0.29) is 19.6 Å². The van der Waals surface area contributed by atoms with E-state index in [4.69, 9.17) is 42.7 Å². The number of rotatable bonds is 8. The lowest BCUT2D eigenvalue weighted by Gasteiger charge is -2.71. The molecule has 0 aliphatic heterocycles. The van der Waals surface area contributed by atoms with Gasteiger partial charge in [0.15, 0.2) is 0 Å². The van der Waals surface area contributed by atoms with E-state index in [2.05, 4.69) is 0 Å². The first kappa shape index (κ1) is 36.2. The Morgan fingerprint density at radius 2 is 0.440 bits per heavy atom. The molecule has 4 aliphatic carbocycles. The highest BCUT2D eigenvalue weighted by Crippen LogP contribution is 2.74. The molecule has 4 bridgehead atoms. The van der Waals surface area contributed by atoms with Crippen LogP contribution in [0, 0.1) is 0 Å². The second-order valence-electron chi connectivity index (χ2n) is 14.0. The van der Waals surface area contributed by atoms with Crippen molar-refractivity contribution < 1.29 is 33.7 Å². The van der Waals surface area contributed by atoms with E-state index < -0.39 is 57.9 Å². The maximum absolute atomic E-state index is 12.2. The molecule has 0 unspecified atom stereocenters. The predicted molar refractivity (Wildman–Crippen MR) is 192 cm³/mol. The fourth-order valence-corrected chi connectivity index (χ4v) is 12.8. The number of benzene rings is 4. The van der Waals surface area contributed by atoms with Crippen LogP contribution in [0.1, 0.15) is 60.8 Å². The van der Waals surface area contributed by atoms with E-state index in [1.807, 2.05) is 0 Å². The molecular formula is C34H28Cl4O8S4. The van der Waals surface area contributed by atoms with Crippen LogP contribution in [-0.4, -0.2) is 33.7 Å². The summed E-state index contributed by atoms with van der Waals surface area (Å²) in [7, 11) is 6.76. The Kier molecular flexibility index (Phi) is 8.45. The molecule has 0 spiro atoms. The van der Waals surface area contributed by atoms with Crippen LogP contribution >= 0.6 is 42.7 Å². The largest absolute Gasteiger partial charge is 0.261 e. The summed E-state index contributed by atoms with van der Waals surface area (Å²) < 4.78 is 97.6. The summed E-state index contributed by atoms with van der Waals surface area (Å²) in [5, 5.41) is 0. The van der Waals surface area contributed by atoms with E-state index >= 15 is 0 Å². The lowest BCUT2D eigenvalue weighted by molar-refractivity contribution is -0.0692. The fourth-order valence-electron chi connectivity index (χ4n) is 9.75. The molecular weight excluding hydrogens is 806 g/mol. The topological polar surface area (TPSA) is 137 Å². The maximum atomic E-state index is 12.2. The van der Waals surface area contributed by atoms with Gasteiger partial charge in [-0.3, -0.25) is 0 Å². The second kappa shape index (κ2) is 11.7. The molecule has 0 aromatic heterocycles. The molecule has 264 valence electrons. The van der Waals surface area contributed by atoms with Gasteiger partial charge in [0.2, 0.25) is 0 Å². The van der Waals surface area contributed by atoms with Gasteiger partial charge >= 0.3 is 0 Å². The van der Waals surface area contributed by atoms with Crippen molar-refractivity contribution in [3.05, 3.63) is 119 Å². The lowest BCUT2D eigenvalue weighted by Crippen LogP contribution is -2.67. The summed E-state index contributed by atoms with van der Waals surface area (Å²) >= 11 is 0. The van der Waals surface area contributed by atoms with Crippen LogP contribution in [-0.2, 0) is 57.9 Å². The zero-order valence-corrected chi connectivity index (χ0v) is 32.2. The summed E-state index contributed by atoms with van der Waals surface area (Å²) in [6, 6.07) is 26.2. The van der Waals surface area contributed by atoms with E-state index in [0.29, 0.717) is 38.5 Å². The third-order valence-electron chi connectivity index (χ3n) is 11.1. The van der Waals surface area contributed by atoms with Crippen molar-refractivity contribution in [1.29, 1.82) is 0 Å². The van der Waals surface area contributed by atoms with Crippen LogP contribution in [0.15, 0.2) is 117 Å². The molecule has 50 heavy (non-hydrogen) atoms. The molecule has 4 aromatic rings. The molecule has 0 amide bonds.